The van der Waals surface area contributed by atoms with E-state index in [1.165, 1.54) is 11.3 Å². The highest BCUT2D eigenvalue weighted by molar-refractivity contribution is 9.10. The maximum absolute atomic E-state index is 14.2. The number of carbonyl (C=O) groups is 1. The number of fused-ring (bicyclic) bond motifs is 1. The molecule has 0 spiro atoms. The summed E-state index contributed by atoms with van der Waals surface area (Å²) in [6.07, 6.45) is 1.82. The lowest BCUT2D eigenvalue weighted by molar-refractivity contribution is -0.138. The number of hydrogen-bond acceptors (Lipinski definition) is 7. The highest BCUT2D eigenvalue weighted by Gasteiger charge is 2.35. The maximum atomic E-state index is 14.2. The summed E-state index contributed by atoms with van der Waals surface area (Å²) in [6, 6.07) is 31.9. The number of carbonyl (C=O) groups excluding carboxylic acids is 1. The van der Waals surface area contributed by atoms with Gasteiger partial charge in [-0.05, 0) is 60.9 Å². The minimum absolute atomic E-state index is 0.196. The Labute approximate surface area is 278 Å². The largest absolute Gasteiger partial charge is 0.490 e. The SMILES string of the molecule is CCOC(=O)C1=C(c2ccccc2)N=c2s/c(=C\c3ccc(OCc4ccc(Br)cc4)c(OCC)c3)c(=O)n2[C@H]1c1ccccc1. The summed E-state index contributed by atoms with van der Waals surface area (Å²) >= 11 is 4.74. The van der Waals surface area contributed by atoms with Crippen molar-refractivity contribution in [3.05, 3.63) is 155 Å². The second-order valence-corrected chi connectivity index (χ2v) is 12.3. The monoisotopic (exact) mass is 694 g/mol. The average Bonchev–Trinajstić information content (AvgIpc) is 3.39. The maximum Gasteiger partial charge on any atom is 0.338 e. The van der Waals surface area contributed by atoms with Gasteiger partial charge in [0.05, 0.1) is 35.1 Å². The van der Waals surface area contributed by atoms with Crippen molar-refractivity contribution < 1.29 is 19.0 Å². The molecule has 0 aliphatic carbocycles. The zero-order valence-corrected chi connectivity index (χ0v) is 27.7. The summed E-state index contributed by atoms with van der Waals surface area (Å²) in [5.41, 5.74) is 3.92. The number of benzene rings is 4. The Morgan fingerprint density at radius 3 is 2.30 bits per heavy atom. The van der Waals surface area contributed by atoms with Crippen molar-refractivity contribution in [2.24, 2.45) is 4.99 Å². The Hall–Kier alpha value is -4.73. The van der Waals surface area contributed by atoms with Crippen molar-refractivity contribution in [3.8, 4) is 11.5 Å². The van der Waals surface area contributed by atoms with Gasteiger partial charge in [-0.1, -0.05) is 106 Å². The average molecular weight is 696 g/mol. The molecular formula is C37H31BrN2O5S. The molecule has 1 atom stereocenters. The Kier molecular flexibility index (Phi) is 9.61. The van der Waals surface area contributed by atoms with Crippen molar-refractivity contribution in [2.75, 3.05) is 13.2 Å². The van der Waals surface area contributed by atoms with E-state index < -0.39 is 12.0 Å². The standard InChI is InChI=1S/C37H31BrN2O5S/c1-3-43-30-21-25(17-20-29(30)45-23-24-15-18-28(38)19-16-24)22-31-35(41)40-34(27-13-9-6-10-14-27)32(36(42)44-4-2)33(39-37(40)46-31)26-11-7-5-8-12-26/h5-22,34H,3-4,23H2,1-2H3/b31-22-/t34-/m0/s1. The normalized spacial score (nSPS) is 14.4. The van der Waals surface area contributed by atoms with E-state index in [1.807, 2.05) is 116 Å². The molecule has 0 saturated carbocycles. The van der Waals surface area contributed by atoms with E-state index in [4.69, 9.17) is 19.2 Å². The number of aromatic nitrogens is 1. The molecule has 6 rings (SSSR count). The lowest BCUT2D eigenvalue weighted by atomic mass is 9.93. The molecule has 1 aliphatic heterocycles. The van der Waals surface area contributed by atoms with E-state index in [0.717, 1.165) is 26.7 Å². The quantitative estimate of drug-likeness (QED) is 0.153. The van der Waals surface area contributed by atoms with Crippen molar-refractivity contribution >= 4 is 45.0 Å². The molecular weight excluding hydrogens is 664 g/mol. The molecule has 1 aromatic heterocycles. The first kappa shape index (κ1) is 31.3. The van der Waals surface area contributed by atoms with Crippen molar-refractivity contribution in [1.29, 1.82) is 0 Å². The van der Waals surface area contributed by atoms with E-state index in [0.29, 0.717) is 45.3 Å². The van der Waals surface area contributed by atoms with Gasteiger partial charge in [-0.25, -0.2) is 9.79 Å². The van der Waals surface area contributed by atoms with E-state index >= 15 is 0 Å². The number of halogens is 1. The third-order valence-electron chi connectivity index (χ3n) is 7.36. The number of rotatable bonds is 10. The summed E-state index contributed by atoms with van der Waals surface area (Å²) in [6.45, 7) is 4.72. The van der Waals surface area contributed by atoms with Crippen molar-refractivity contribution in [2.45, 2.75) is 26.5 Å². The van der Waals surface area contributed by atoms with Gasteiger partial charge in [-0.2, -0.15) is 0 Å². The smallest absolute Gasteiger partial charge is 0.338 e. The van der Waals surface area contributed by atoms with Gasteiger partial charge in [0.1, 0.15) is 6.61 Å². The third-order valence-corrected chi connectivity index (χ3v) is 8.87. The lowest BCUT2D eigenvalue weighted by Gasteiger charge is -2.25. The fourth-order valence-corrected chi connectivity index (χ4v) is 6.55. The van der Waals surface area contributed by atoms with Crippen molar-refractivity contribution in [1.82, 2.24) is 4.57 Å². The van der Waals surface area contributed by atoms with Gasteiger partial charge >= 0.3 is 5.97 Å². The summed E-state index contributed by atoms with van der Waals surface area (Å²) in [5, 5.41) is 0. The first-order valence-electron chi connectivity index (χ1n) is 14.9. The molecule has 0 N–H and O–H groups in total. The number of nitrogens with zero attached hydrogens (tertiary/aromatic N) is 2. The molecule has 1 aliphatic rings. The summed E-state index contributed by atoms with van der Waals surface area (Å²) in [5.74, 6) is 0.687. The molecule has 9 heteroatoms. The molecule has 5 aromatic rings. The summed E-state index contributed by atoms with van der Waals surface area (Å²) in [4.78, 5) is 33.2. The molecule has 4 aromatic carbocycles. The summed E-state index contributed by atoms with van der Waals surface area (Å²) in [7, 11) is 0. The molecule has 0 bridgehead atoms. The first-order valence-corrected chi connectivity index (χ1v) is 16.5. The van der Waals surface area contributed by atoms with Gasteiger partial charge in [-0.15, -0.1) is 0 Å². The van der Waals surface area contributed by atoms with Gasteiger partial charge in [-0.3, -0.25) is 9.36 Å². The van der Waals surface area contributed by atoms with Crippen LogP contribution in [-0.2, 0) is 16.1 Å². The van der Waals surface area contributed by atoms with E-state index in [9.17, 15) is 9.59 Å². The van der Waals surface area contributed by atoms with Gasteiger partial charge < -0.3 is 14.2 Å². The van der Waals surface area contributed by atoms with Crippen LogP contribution in [0.25, 0.3) is 11.8 Å². The van der Waals surface area contributed by atoms with E-state index in [1.54, 1.807) is 11.5 Å². The lowest BCUT2D eigenvalue weighted by Crippen LogP contribution is -2.39. The highest BCUT2D eigenvalue weighted by atomic mass is 79.9. The molecule has 0 fully saturated rings. The Bertz CT molecular complexity index is 2070. The molecule has 0 unspecified atom stereocenters. The van der Waals surface area contributed by atoms with Crippen LogP contribution in [-0.4, -0.2) is 23.8 Å². The minimum Gasteiger partial charge on any atom is -0.490 e. The molecule has 46 heavy (non-hydrogen) atoms. The first-order chi connectivity index (χ1) is 22.5. The van der Waals surface area contributed by atoms with Crippen LogP contribution in [0.15, 0.2) is 123 Å². The Morgan fingerprint density at radius 1 is 0.891 bits per heavy atom. The molecule has 2 heterocycles. The molecule has 7 nitrogen and oxygen atoms in total. The number of hydrogen-bond donors (Lipinski definition) is 0. The fraction of sp³-hybridized carbons (Fsp3) is 0.162. The third kappa shape index (κ3) is 6.61. The van der Waals surface area contributed by atoms with Crippen LogP contribution in [0.1, 0.15) is 42.1 Å². The molecule has 0 saturated heterocycles. The van der Waals surface area contributed by atoms with Crippen LogP contribution in [0.5, 0.6) is 11.5 Å². The second-order valence-electron chi connectivity index (χ2n) is 10.4. The van der Waals surface area contributed by atoms with E-state index in [2.05, 4.69) is 15.9 Å². The highest BCUT2D eigenvalue weighted by Crippen LogP contribution is 2.35. The van der Waals surface area contributed by atoms with Crippen LogP contribution < -0.4 is 24.4 Å². The van der Waals surface area contributed by atoms with Gasteiger partial charge in [0, 0.05) is 10.0 Å². The van der Waals surface area contributed by atoms with Crippen molar-refractivity contribution in [3.63, 3.8) is 0 Å². The summed E-state index contributed by atoms with van der Waals surface area (Å²) < 4.78 is 20.6. The predicted octanol–water partition coefficient (Wildman–Crippen LogP) is 6.68. The number of thiazole rings is 1. The van der Waals surface area contributed by atoms with Crippen LogP contribution in [0.4, 0.5) is 0 Å². The minimum atomic E-state index is -0.720. The van der Waals surface area contributed by atoms with Crippen LogP contribution >= 0.6 is 27.3 Å². The van der Waals surface area contributed by atoms with E-state index in [-0.39, 0.29) is 12.2 Å². The van der Waals surface area contributed by atoms with Gasteiger partial charge in [0.2, 0.25) is 0 Å². The zero-order valence-electron chi connectivity index (χ0n) is 25.3. The zero-order chi connectivity index (χ0) is 32.0. The van der Waals surface area contributed by atoms with Crippen LogP contribution in [0, 0.1) is 0 Å². The fourth-order valence-electron chi connectivity index (χ4n) is 5.29. The Balaban J connectivity index is 1.46. The molecule has 0 amide bonds. The molecule has 0 radical (unpaired) electrons. The second kappa shape index (κ2) is 14.1. The van der Waals surface area contributed by atoms with Gasteiger partial charge in [0.25, 0.3) is 5.56 Å². The topological polar surface area (TPSA) is 79.1 Å². The van der Waals surface area contributed by atoms with Crippen LogP contribution in [0.2, 0.25) is 0 Å². The molecule has 232 valence electrons. The predicted molar refractivity (Wildman–Crippen MR) is 184 cm³/mol. The number of ether oxygens (including phenoxy) is 3. The Morgan fingerprint density at radius 2 is 1.61 bits per heavy atom. The van der Waals surface area contributed by atoms with Gasteiger partial charge in [0.15, 0.2) is 16.3 Å². The van der Waals surface area contributed by atoms with Crippen LogP contribution in [0.3, 0.4) is 0 Å². The number of esters is 1.